The van der Waals surface area contributed by atoms with Crippen molar-refractivity contribution >= 4 is 11.8 Å². The van der Waals surface area contributed by atoms with Gasteiger partial charge in [-0.15, -0.1) is 12.3 Å². The van der Waals surface area contributed by atoms with Crippen LogP contribution in [0.15, 0.2) is 30.3 Å². The predicted octanol–water partition coefficient (Wildman–Crippen LogP) is 1.73. The maximum absolute atomic E-state index is 12.4. The number of carbonyl (C=O) groups is 2. The molecule has 2 rings (SSSR count). The van der Waals surface area contributed by atoms with Crippen LogP contribution in [0.2, 0.25) is 0 Å². The van der Waals surface area contributed by atoms with Gasteiger partial charge in [0.25, 0.3) is 0 Å². The molecular weight excluding hydrogens is 226 g/mol. The van der Waals surface area contributed by atoms with Gasteiger partial charge < -0.3 is 0 Å². The molecule has 18 heavy (non-hydrogen) atoms. The Bertz CT molecular complexity index is 515. The highest BCUT2D eigenvalue weighted by Gasteiger charge is 2.48. The molecule has 1 aromatic carbocycles. The van der Waals surface area contributed by atoms with Crippen LogP contribution in [0.1, 0.15) is 25.3 Å². The molecule has 1 atom stereocenters. The third kappa shape index (κ3) is 1.91. The van der Waals surface area contributed by atoms with E-state index in [-0.39, 0.29) is 18.2 Å². The average molecular weight is 241 g/mol. The molecule has 0 spiro atoms. The molecular formula is C15H15NO2. The van der Waals surface area contributed by atoms with Crippen molar-refractivity contribution < 1.29 is 9.59 Å². The summed E-state index contributed by atoms with van der Waals surface area (Å²) in [7, 11) is 0. The molecule has 1 unspecified atom stereocenters. The number of carbonyl (C=O) groups excluding carboxylic acids is 2. The summed E-state index contributed by atoms with van der Waals surface area (Å²) in [4.78, 5) is 25.6. The number of benzene rings is 1. The Morgan fingerprint density at radius 1 is 1.33 bits per heavy atom. The summed E-state index contributed by atoms with van der Waals surface area (Å²) >= 11 is 0. The molecule has 2 amide bonds. The number of rotatable bonds is 3. The van der Waals surface area contributed by atoms with Crippen molar-refractivity contribution in [3.8, 4) is 12.3 Å². The molecule has 92 valence electrons. The molecule has 3 heteroatoms. The Balaban J connectivity index is 2.30. The van der Waals surface area contributed by atoms with Gasteiger partial charge in [0.1, 0.15) is 0 Å². The zero-order valence-electron chi connectivity index (χ0n) is 10.3. The molecule has 3 nitrogen and oxygen atoms in total. The summed E-state index contributed by atoms with van der Waals surface area (Å²) in [5, 5.41) is 0. The summed E-state index contributed by atoms with van der Waals surface area (Å²) in [6.45, 7) is 2.13. The van der Waals surface area contributed by atoms with Crippen LogP contribution in [-0.4, -0.2) is 23.3 Å². The highest BCUT2D eigenvalue weighted by atomic mass is 16.2. The standard InChI is InChI=1S/C15H15NO2/c1-3-4-10-16-13(17)11-15(2,14(16)18)12-8-6-5-7-9-12/h1,5-9H,4,10-11H2,2H3. The van der Waals surface area contributed by atoms with Crippen LogP contribution in [0, 0.1) is 12.3 Å². The summed E-state index contributed by atoms with van der Waals surface area (Å²) in [5.41, 5.74) is 0.138. The third-order valence-corrected chi connectivity index (χ3v) is 3.41. The van der Waals surface area contributed by atoms with Crippen molar-refractivity contribution in [1.82, 2.24) is 4.90 Å². The van der Waals surface area contributed by atoms with Crippen molar-refractivity contribution in [1.29, 1.82) is 0 Å². The van der Waals surface area contributed by atoms with Crippen LogP contribution in [0.5, 0.6) is 0 Å². The van der Waals surface area contributed by atoms with Crippen molar-refractivity contribution in [2.45, 2.75) is 25.2 Å². The van der Waals surface area contributed by atoms with Crippen LogP contribution in [0.3, 0.4) is 0 Å². The predicted molar refractivity (Wildman–Crippen MR) is 68.6 cm³/mol. The largest absolute Gasteiger partial charge is 0.281 e. The van der Waals surface area contributed by atoms with Crippen molar-refractivity contribution in [3.63, 3.8) is 0 Å². The van der Waals surface area contributed by atoms with E-state index < -0.39 is 5.41 Å². The van der Waals surface area contributed by atoms with Crippen LogP contribution in [0.25, 0.3) is 0 Å². The SMILES string of the molecule is C#CCCN1C(=O)CC(C)(c2ccccc2)C1=O. The van der Waals surface area contributed by atoms with E-state index in [1.54, 1.807) is 0 Å². The minimum atomic E-state index is -0.743. The topological polar surface area (TPSA) is 37.4 Å². The number of hydrogen-bond acceptors (Lipinski definition) is 2. The molecule has 0 aromatic heterocycles. The average Bonchev–Trinajstić information content (AvgIpc) is 2.60. The Hall–Kier alpha value is -2.08. The van der Waals surface area contributed by atoms with Gasteiger partial charge in [-0.2, -0.15) is 0 Å². The first-order chi connectivity index (χ1) is 8.59. The van der Waals surface area contributed by atoms with Crippen LogP contribution < -0.4 is 0 Å². The lowest BCUT2D eigenvalue weighted by molar-refractivity contribution is -0.139. The Labute approximate surface area is 107 Å². The second-order valence-electron chi connectivity index (χ2n) is 4.68. The molecule has 1 fully saturated rings. The number of terminal acetylenes is 1. The number of amides is 2. The first kappa shape index (κ1) is 12.4. The van der Waals surface area contributed by atoms with Gasteiger partial charge in [-0.1, -0.05) is 30.3 Å². The van der Waals surface area contributed by atoms with Gasteiger partial charge in [-0.25, -0.2) is 0 Å². The summed E-state index contributed by atoms with van der Waals surface area (Å²) in [6, 6.07) is 9.42. The van der Waals surface area contributed by atoms with E-state index in [1.807, 2.05) is 37.3 Å². The number of likely N-dealkylation sites (tertiary alicyclic amines) is 1. The minimum absolute atomic E-state index is 0.137. The third-order valence-electron chi connectivity index (χ3n) is 3.41. The monoisotopic (exact) mass is 241 g/mol. The molecule has 0 saturated carbocycles. The summed E-state index contributed by atoms with van der Waals surface area (Å²) in [6.07, 6.45) is 5.80. The van der Waals surface area contributed by atoms with Gasteiger partial charge in [-0.05, 0) is 12.5 Å². The normalized spacial score (nSPS) is 23.2. The van der Waals surface area contributed by atoms with Gasteiger partial charge >= 0.3 is 0 Å². The van der Waals surface area contributed by atoms with E-state index in [2.05, 4.69) is 5.92 Å². The zero-order chi connectivity index (χ0) is 13.2. The van der Waals surface area contributed by atoms with E-state index in [1.165, 1.54) is 4.90 Å². The van der Waals surface area contributed by atoms with Crippen molar-refractivity contribution in [2.75, 3.05) is 6.54 Å². The molecule has 0 bridgehead atoms. The molecule has 1 aromatic rings. The van der Waals surface area contributed by atoms with Gasteiger partial charge in [0.15, 0.2) is 0 Å². The highest BCUT2D eigenvalue weighted by Crippen LogP contribution is 2.36. The number of nitrogens with zero attached hydrogens (tertiary/aromatic N) is 1. The minimum Gasteiger partial charge on any atom is -0.281 e. The molecule has 1 aliphatic rings. The Morgan fingerprint density at radius 3 is 2.61 bits per heavy atom. The molecule has 1 aliphatic heterocycles. The van der Waals surface area contributed by atoms with Gasteiger partial charge in [0, 0.05) is 19.4 Å². The fourth-order valence-electron chi connectivity index (χ4n) is 2.32. The number of imide groups is 1. The van der Waals surface area contributed by atoms with Gasteiger partial charge in [-0.3, -0.25) is 14.5 Å². The fraction of sp³-hybridized carbons (Fsp3) is 0.333. The van der Waals surface area contributed by atoms with Crippen molar-refractivity contribution in [3.05, 3.63) is 35.9 Å². The van der Waals surface area contributed by atoms with E-state index in [0.29, 0.717) is 13.0 Å². The Kier molecular flexibility index (Phi) is 3.20. The maximum atomic E-state index is 12.4. The molecule has 0 N–H and O–H groups in total. The van der Waals surface area contributed by atoms with Gasteiger partial charge in [0.2, 0.25) is 11.8 Å². The number of hydrogen-bond donors (Lipinski definition) is 0. The second kappa shape index (κ2) is 4.66. The molecule has 0 radical (unpaired) electrons. The van der Waals surface area contributed by atoms with Crippen molar-refractivity contribution in [2.24, 2.45) is 0 Å². The van der Waals surface area contributed by atoms with Gasteiger partial charge in [0.05, 0.1) is 5.41 Å². The maximum Gasteiger partial charge on any atom is 0.240 e. The first-order valence-corrected chi connectivity index (χ1v) is 5.93. The molecule has 1 saturated heterocycles. The van der Waals surface area contributed by atoms with E-state index in [4.69, 9.17) is 6.42 Å². The lowest BCUT2D eigenvalue weighted by atomic mass is 9.81. The van der Waals surface area contributed by atoms with Crippen LogP contribution in [-0.2, 0) is 15.0 Å². The zero-order valence-corrected chi connectivity index (χ0v) is 10.3. The fourth-order valence-corrected chi connectivity index (χ4v) is 2.32. The summed E-state index contributed by atoms with van der Waals surface area (Å²) in [5.74, 6) is 2.17. The molecule has 0 aliphatic carbocycles. The smallest absolute Gasteiger partial charge is 0.240 e. The molecule has 1 heterocycles. The quantitative estimate of drug-likeness (QED) is 0.597. The van der Waals surface area contributed by atoms with E-state index in [0.717, 1.165) is 5.56 Å². The Morgan fingerprint density at radius 2 is 2.00 bits per heavy atom. The van der Waals surface area contributed by atoms with E-state index in [9.17, 15) is 9.59 Å². The van der Waals surface area contributed by atoms with E-state index >= 15 is 0 Å². The highest BCUT2D eigenvalue weighted by molar-refractivity contribution is 6.08. The van der Waals surface area contributed by atoms with Crippen LogP contribution in [0.4, 0.5) is 0 Å². The lowest BCUT2D eigenvalue weighted by Gasteiger charge is -2.22. The van der Waals surface area contributed by atoms with Crippen LogP contribution >= 0.6 is 0 Å². The lowest BCUT2D eigenvalue weighted by Crippen LogP contribution is -2.37. The summed E-state index contributed by atoms with van der Waals surface area (Å²) < 4.78 is 0. The second-order valence-corrected chi connectivity index (χ2v) is 4.68. The first-order valence-electron chi connectivity index (χ1n) is 5.93.